The molecular formula is C23H30N8. The zero-order valence-corrected chi connectivity index (χ0v) is 18.5. The fraction of sp³-hybridized carbons (Fsp3) is 0.478. The Kier molecular flexibility index (Phi) is 5.41. The van der Waals surface area contributed by atoms with E-state index in [0.717, 1.165) is 62.8 Å². The maximum atomic E-state index is 4.85. The number of aryl methyl sites for hydroxylation is 2. The van der Waals surface area contributed by atoms with Crippen molar-refractivity contribution in [3.8, 4) is 11.4 Å². The van der Waals surface area contributed by atoms with Crippen molar-refractivity contribution in [3.05, 3.63) is 47.4 Å². The third-order valence-corrected chi connectivity index (χ3v) is 6.18. The van der Waals surface area contributed by atoms with E-state index in [2.05, 4.69) is 61.8 Å². The van der Waals surface area contributed by atoms with Gasteiger partial charge in [0.05, 0.1) is 17.6 Å². The molecule has 3 aromatic heterocycles. The lowest BCUT2D eigenvalue weighted by atomic mass is 9.95. The van der Waals surface area contributed by atoms with Crippen LogP contribution in [-0.4, -0.2) is 67.8 Å². The van der Waals surface area contributed by atoms with Gasteiger partial charge in [0.2, 0.25) is 5.95 Å². The van der Waals surface area contributed by atoms with E-state index in [0.29, 0.717) is 5.95 Å². The zero-order chi connectivity index (χ0) is 21.4. The maximum absolute atomic E-state index is 4.85. The number of fused-ring (bicyclic) bond motifs is 3. The van der Waals surface area contributed by atoms with Crippen molar-refractivity contribution >= 4 is 11.8 Å². The third-order valence-electron chi connectivity index (χ3n) is 6.18. The monoisotopic (exact) mass is 418 g/mol. The van der Waals surface area contributed by atoms with Crippen LogP contribution in [0.15, 0.2) is 30.7 Å². The molecule has 3 aromatic rings. The van der Waals surface area contributed by atoms with Crippen molar-refractivity contribution in [1.82, 2.24) is 34.5 Å². The van der Waals surface area contributed by atoms with Gasteiger partial charge in [0.1, 0.15) is 5.82 Å². The average molecular weight is 419 g/mol. The van der Waals surface area contributed by atoms with Gasteiger partial charge >= 0.3 is 0 Å². The van der Waals surface area contributed by atoms with Crippen molar-refractivity contribution < 1.29 is 0 Å². The molecule has 31 heavy (non-hydrogen) atoms. The van der Waals surface area contributed by atoms with Crippen LogP contribution in [0.4, 0.5) is 11.8 Å². The minimum atomic E-state index is 0.288. The van der Waals surface area contributed by atoms with Crippen LogP contribution in [0.5, 0.6) is 0 Å². The lowest BCUT2D eigenvalue weighted by molar-refractivity contribution is 0.148. The van der Waals surface area contributed by atoms with E-state index in [1.165, 1.54) is 16.7 Å². The van der Waals surface area contributed by atoms with Gasteiger partial charge in [-0.15, -0.1) is 0 Å². The molecule has 1 fully saturated rings. The molecule has 8 nitrogen and oxygen atoms in total. The molecule has 162 valence electrons. The van der Waals surface area contributed by atoms with Gasteiger partial charge in [-0.2, -0.15) is 5.10 Å². The molecular weight excluding hydrogens is 388 g/mol. The summed E-state index contributed by atoms with van der Waals surface area (Å²) in [4.78, 5) is 18.8. The predicted molar refractivity (Wildman–Crippen MR) is 121 cm³/mol. The van der Waals surface area contributed by atoms with E-state index < -0.39 is 0 Å². The minimum Gasteiger partial charge on any atom is -0.309 e. The van der Waals surface area contributed by atoms with Gasteiger partial charge in [-0.25, -0.2) is 15.0 Å². The predicted octanol–water partition coefficient (Wildman–Crippen LogP) is 2.91. The van der Waals surface area contributed by atoms with E-state index in [4.69, 9.17) is 4.98 Å². The summed E-state index contributed by atoms with van der Waals surface area (Å²) in [5.41, 5.74) is 5.77. The van der Waals surface area contributed by atoms with Crippen molar-refractivity contribution in [2.45, 2.75) is 39.3 Å². The van der Waals surface area contributed by atoms with E-state index in [-0.39, 0.29) is 6.04 Å². The molecule has 0 unspecified atom stereocenters. The summed E-state index contributed by atoms with van der Waals surface area (Å²) in [6, 6.07) is 4.44. The molecule has 1 aliphatic heterocycles. The van der Waals surface area contributed by atoms with Gasteiger partial charge in [0.25, 0.3) is 0 Å². The fourth-order valence-electron chi connectivity index (χ4n) is 4.33. The molecule has 0 aromatic carbocycles. The number of anilines is 2. The van der Waals surface area contributed by atoms with Crippen LogP contribution in [0.25, 0.3) is 11.4 Å². The van der Waals surface area contributed by atoms with Gasteiger partial charge in [-0.3, -0.25) is 9.58 Å². The number of hydrogen-bond acceptors (Lipinski definition) is 7. The van der Waals surface area contributed by atoms with Gasteiger partial charge in [0, 0.05) is 56.7 Å². The molecule has 8 heteroatoms. The molecule has 1 saturated heterocycles. The van der Waals surface area contributed by atoms with Gasteiger partial charge < -0.3 is 10.2 Å². The summed E-state index contributed by atoms with van der Waals surface area (Å²) in [5, 5.41) is 7.87. The quantitative estimate of drug-likeness (QED) is 0.683. The molecule has 0 atom stereocenters. The van der Waals surface area contributed by atoms with Crippen LogP contribution >= 0.6 is 0 Å². The number of aromatic nitrogens is 5. The molecule has 0 amide bonds. The minimum absolute atomic E-state index is 0.288. The van der Waals surface area contributed by atoms with Crippen LogP contribution in [0.3, 0.4) is 0 Å². The van der Waals surface area contributed by atoms with Crippen molar-refractivity contribution in [2.24, 2.45) is 0 Å². The number of rotatable bonds is 5. The summed E-state index contributed by atoms with van der Waals surface area (Å²) in [5.74, 6) is 1.33. The second kappa shape index (κ2) is 8.36. The second-order valence-electron chi connectivity index (χ2n) is 8.88. The number of piperazine rings is 1. The van der Waals surface area contributed by atoms with Gasteiger partial charge in [-0.1, -0.05) is 6.07 Å². The Labute approximate surface area is 183 Å². The Hall–Kier alpha value is -2.84. The highest BCUT2D eigenvalue weighted by Gasteiger charge is 2.24. The first-order valence-corrected chi connectivity index (χ1v) is 11.1. The largest absolute Gasteiger partial charge is 0.309 e. The second-order valence-corrected chi connectivity index (χ2v) is 8.88. The summed E-state index contributed by atoms with van der Waals surface area (Å²) >= 11 is 0. The lowest BCUT2D eigenvalue weighted by Gasteiger charge is -2.32. The summed E-state index contributed by atoms with van der Waals surface area (Å²) in [7, 11) is 2.18. The molecule has 4 heterocycles. The molecule has 2 aliphatic rings. The van der Waals surface area contributed by atoms with Crippen LogP contribution in [0.2, 0.25) is 0 Å². The van der Waals surface area contributed by atoms with Crippen LogP contribution in [0, 0.1) is 0 Å². The third kappa shape index (κ3) is 4.18. The molecule has 5 rings (SSSR count). The van der Waals surface area contributed by atoms with Crippen LogP contribution < -0.4 is 5.32 Å². The van der Waals surface area contributed by atoms with Gasteiger partial charge in [-0.05, 0) is 50.9 Å². The lowest BCUT2D eigenvalue weighted by Crippen LogP contribution is -2.43. The molecule has 0 bridgehead atoms. The molecule has 0 radical (unpaired) electrons. The molecule has 1 N–H and O–H groups in total. The van der Waals surface area contributed by atoms with Crippen molar-refractivity contribution in [1.29, 1.82) is 0 Å². The highest BCUT2D eigenvalue weighted by atomic mass is 15.3. The Bertz CT molecular complexity index is 1050. The Morgan fingerprint density at radius 2 is 1.77 bits per heavy atom. The average Bonchev–Trinajstić information content (AvgIpc) is 3.22. The first-order chi connectivity index (χ1) is 15.1. The van der Waals surface area contributed by atoms with E-state index >= 15 is 0 Å². The molecule has 0 saturated carbocycles. The Balaban J connectivity index is 1.31. The summed E-state index contributed by atoms with van der Waals surface area (Å²) < 4.78 is 2.06. The number of pyridine rings is 1. The van der Waals surface area contributed by atoms with Crippen molar-refractivity contribution in [2.75, 3.05) is 38.5 Å². The van der Waals surface area contributed by atoms with E-state index in [1.54, 1.807) is 0 Å². The smallest absolute Gasteiger partial charge is 0.228 e. The van der Waals surface area contributed by atoms with E-state index in [9.17, 15) is 0 Å². The summed E-state index contributed by atoms with van der Waals surface area (Å²) in [6.07, 6.45) is 7.80. The Morgan fingerprint density at radius 1 is 0.968 bits per heavy atom. The topological polar surface area (TPSA) is 75.0 Å². The van der Waals surface area contributed by atoms with E-state index in [1.807, 2.05) is 24.7 Å². The first kappa shape index (κ1) is 20.1. The number of nitrogens with zero attached hydrogens (tertiary/aromatic N) is 7. The van der Waals surface area contributed by atoms with Crippen LogP contribution in [-0.2, 0) is 19.4 Å². The zero-order valence-electron chi connectivity index (χ0n) is 18.5. The maximum Gasteiger partial charge on any atom is 0.228 e. The highest BCUT2D eigenvalue weighted by molar-refractivity contribution is 5.67. The Morgan fingerprint density at radius 3 is 2.52 bits per heavy atom. The summed E-state index contributed by atoms with van der Waals surface area (Å²) in [6.45, 7) is 9.70. The highest BCUT2D eigenvalue weighted by Crippen LogP contribution is 2.34. The first-order valence-electron chi connectivity index (χ1n) is 11.1. The van der Waals surface area contributed by atoms with Gasteiger partial charge in [0.15, 0.2) is 0 Å². The number of hydrogen-bond donors (Lipinski definition) is 1. The van der Waals surface area contributed by atoms with Crippen LogP contribution in [0.1, 0.15) is 36.6 Å². The SMILES string of the molecule is CC(C)n1ncc2c1-c1nc(Nc3ccc(CN4CCN(C)CC4)cn3)ncc1CC2. The molecule has 1 aliphatic carbocycles. The van der Waals surface area contributed by atoms with Crippen molar-refractivity contribution in [3.63, 3.8) is 0 Å². The number of nitrogens with one attached hydrogen (secondary N) is 1. The standard InChI is InChI=1S/C23H30N8/c1-16(2)31-22-19(14-26-31)6-5-18-13-25-23(28-21(18)22)27-20-7-4-17(12-24-20)15-30-10-8-29(3)9-11-30/h4,7,12-14,16H,5-6,8-11,15H2,1-3H3,(H,24,25,27,28). The molecule has 0 spiro atoms. The normalized spacial score (nSPS) is 16.9. The fourth-order valence-corrected chi connectivity index (χ4v) is 4.33. The number of likely N-dealkylation sites (N-methyl/N-ethyl adjacent to an activating group) is 1.